The molecule has 3 aliphatic rings. The Labute approximate surface area is 196 Å². The van der Waals surface area contributed by atoms with Gasteiger partial charge >= 0.3 is 0 Å². The summed E-state index contributed by atoms with van der Waals surface area (Å²) in [5.41, 5.74) is 1.46. The molecule has 9 heteroatoms. The van der Waals surface area contributed by atoms with Gasteiger partial charge in [0, 0.05) is 56.5 Å². The fraction of sp³-hybridized carbons (Fsp3) is 0.400. The molecule has 2 fully saturated rings. The van der Waals surface area contributed by atoms with Gasteiger partial charge in [0.2, 0.25) is 11.8 Å². The second-order valence-electron chi connectivity index (χ2n) is 8.77. The molecule has 0 spiro atoms. The van der Waals surface area contributed by atoms with E-state index < -0.39 is 11.7 Å². The predicted octanol–water partition coefficient (Wildman–Crippen LogP) is 2.50. The minimum Gasteiger partial charge on any atom is -0.486 e. The molecule has 3 heterocycles. The van der Waals surface area contributed by atoms with E-state index >= 15 is 0 Å². The van der Waals surface area contributed by atoms with Gasteiger partial charge in [-0.25, -0.2) is 4.39 Å². The number of carbonyl (C=O) groups is 3. The lowest BCUT2D eigenvalue weighted by atomic mass is 10.1. The highest BCUT2D eigenvalue weighted by atomic mass is 19.1. The highest BCUT2D eigenvalue weighted by Gasteiger charge is 2.38. The van der Waals surface area contributed by atoms with Crippen molar-refractivity contribution in [2.24, 2.45) is 5.92 Å². The predicted molar refractivity (Wildman–Crippen MR) is 123 cm³/mol. The number of ketones is 1. The van der Waals surface area contributed by atoms with Crippen molar-refractivity contribution in [3.8, 4) is 11.5 Å². The van der Waals surface area contributed by atoms with Crippen LogP contribution in [0, 0.1) is 11.7 Å². The number of hydrogen-bond acceptors (Lipinski definition) is 6. The third-order valence-corrected chi connectivity index (χ3v) is 6.60. The molecular formula is C25H26FN3O5. The van der Waals surface area contributed by atoms with Crippen molar-refractivity contribution in [3.05, 3.63) is 47.8 Å². The number of ether oxygens (including phenoxy) is 2. The molecule has 1 atom stereocenters. The van der Waals surface area contributed by atoms with E-state index in [9.17, 15) is 18.8 Å². The monoisotopic (exact) mass is 467 g/mol. The average Bonchev–Trinajstić information content (AvgIpc) is 3.25. The Balaban J connectivity index is 1.21. The van der Waals surface area contributed by atoms with Crippen LogP contribution < -0.4 is 19.3 Å². The highest BCUT2D eigenvalue weighted by molar-refractivity contribution is 6.00. The molecule has 3 aliphatic heterocycles. The number of hydrogen-bond donors (Lipinski definition) is 0. The molecule has 2 amide bonds. The number of fused-ring (bicyclic) bond motifs is 1. The van der Waals surface area contributed by atoms with E-state index in [4.69, 9.17) is 9.47 Å². The topological polar surface area (TPSA) is 79.4 Å². The number of amides is 2. The van der Waals surface area contributed by atoms with Crippen LogP contribution in [0.5, 0.6) is 11.5 Å². The third-order valence-electron chi connectivity index (χ3n) is 6.60. The Hall–Kier alpha value is -3.62. The first-order valence-electron chi connectivity index (χ1n) is 11.4. The van der Waals surface area contributed by atoms with Crippen molar-refractivity contribution in [3.63, 3.8) is 0 Å². The van der Waals surface area contributed by atoms with E-state index in [0.717, 1.165) is 0 Å². The van der Waals surface area contributed by atoms with E-state index in [1.54, 1.807) is 34.1 Å². The van der Waals surface area contributed by atoms with Crippen molar-refractivity contribution in [2.75, 3.05) is 55.7 Å². The zero-order valence-corrected chi connectivity index (χ0v) is 19.0. The van der Waals surface area contributed by atoms with E-state index in [-0.39, 0.29) is 24.0 Å². The van der Waals surface area contributed by atoms with Crippen molar-refractivity contribution in [1.29, 1.82) is 0 Å². The van der Waals surface area contributed by atoms with Gasteiger partial charge in [0.1, 0.15) is 19.0 Å². The van der Waals surface area contributed by atoms with Crippen LogP contribution in [-0.4, -0.2) is 68.4 Å². The van der Waals surface area contributed by atoms with Crippen LogP contribution in [0.3, 0.4) is 0 Å². The van der Waals surface area contributed by atoms with Crippen LogP contribution in [0.2, 0.25) is 0 Å². The van der Waals surface area contributed by atoms with Crippen LogP contribution in [0.25, 0.3) is 0 Å². The second kappa shape index (κ2) is 8.96. The number of anilines is 2. The van der Waals surface area contributed by atoms with Gasteiger partial charge in [0.05, 0.1) is 11.6 Å². The number of rotatable bonds is 4. The summed E-state index contributed by atoms with van der Waals surface area (Å²) in [4.78, 5) is 42.6. The first-order valence-corrected chi connectivity index (χ1v) is 11.4. The molecule has 0 aromatic heterocycles. The molecule has 178 valence electrons. The molecule has 5 rings (SSSR count). The summed E-state index contributed by atoms with van der Waals surface area (Å²) in [6.45, 7) is 4.53. The number of Topliss-reactive ketones (excluding diaryl/α,β-unsaturated/α-hetero) is 1. The maximum Gasteiger partial charge on any atom is 0.228 e. The van der Waals surface area contributed by atoms with Crippen LogP contribution >= 0.6 is 0 Å². The third kappa shape index (κ3) is 4.18. The van der Waals surface area contributed by atoms with E-state index in [2.05, 4.69) is 0 Å². The fourth-order valence-corrected chi connectivity index (χ4v) is 4.73. The van der Waals surface area contributed by atoms with Gasteiger partial charge in [-0.05, 0) is 37.3 Å². The molecular weight excluding hydrogens is 441 g/mol. The average molecular weight is 467 g/mol. The molecule has 2 aromatic carbocycles. The van der Waals surface area contributed by atoms with Crippen LogP contribution in [0.1, 0.15) is 23.7 Å². The molecule has 0 aliphatic carbocycles. The number of benzene rings is 2. The molecule has 0 radical (unpaired) electrons. The normalized spacial score (nSPS) is 20.0. The Morgan fingerprint density at radius 3 is 2.41 bits per heavy atom. The Kier molecular flexibility index (Phi) is 5.85. The number of piperazine rings is 1. The van der Waals surface area contributed by atoms with Gasteiger partial charge in [-0.3, -0.25) is 14.4 Å². The summed E-state index contributed by atoms with van der Waals surface area (Å²) in [6, 6.07) is 9.87. The Morgan fingerprint density at radius 1 is 0.971 bits per heavy atom. The van der Waals surface area contributed by atoms with Crippen molar-refractivity contribution in [1.82, 2.24) is 4.90 Å². The molecule has 2 saturated heterocycles. The quantitative estimate of drug-likeness (QED) is 0.643. The second-order valence-corrected chi connectivity index (χ2v) is 8.77. The molecule has 0 bridgehead atoms. The maximum atomic E-state index is 14.5. The SMILES string of the molecule is CC(=O)c1ccc(N2CCN(C(=O)C3CC(=O)N(c4ccc5c(c4)OCCO5)C3)CC2)c(F)c1. The summed E-state index contributed by atoms with van der Waals surface area (Å²) < 4.78 is 25.7. The zero-order chi connectivity index (χ0) is 23.8. The molecule has 1 unspecified atom stereocenters. The lowest BCUT2D eigenvalue weighted by Gasteiger charge is -2.37. The molecule has 0 N–H and O–H groups in total. The van der Waals surface area contributed by atoms with Crippen LogP contribution in [-0.2, 0) is 9.59 Å². The van der Waals surface area contributed by atoms with Gasteiger partial charge in [-0.2, -0.15) is 0 Å². The van der Waals surface area contributed by atoms with Gasteiger partial charge in [0.25, 0.3) is 0 Å². The summed E-state index contributed by atoms with van der Waals surface area (Å²) in [5.74, 6) is 0.0623. The summed E-state index contributed by atoms with van der Waals surface area (Å²) >= 11 is 0. The van der Waals surface area contributed by atoms with Crippen molar-refractivity contribution in [2.45, 2.75) is 13.3 Å². The number of carbonyl (C=O) groups excluding carboxylic acids is 3. The van der Waals surface area contributed by atoms with E-state index in [1.807, 2.05) is 11.0 Å². The number of nitrogens with zero attached hydrogens (tertiary/aromatic N) is 3. The smallest absolute Gasteiger partial charge is 0.228 e. The van der Waals surface area contributed by atoms with Gasteiger partial charge in [-0.15, -0.1) is 0 Å². The van der Waals surface area contributed by atoms with Crippen molar-refractivity contribution < 1.29 is 28.2 Å². The van der Waals surface area contributed by atoms with E-state index in [0.29, 0.717) is 74.4 Å². The van der Waals surface area contributed by atoms with Gasteiger partial charge in [0.15, 0.2) is 17.3 Å². The zero-order valence-electron chi connectivity index (χ0n) is 19.0. The first kappa shape index (κ1) is 22.2. The fourth-order valence-electron chi connectivity index (χ4n) is 4.73. The standard InChI is InChI=1S/C25H26FN3O5/c1-16(30)17-2-4-21(20(26)12-17)27-6-8-28(9-7-27)25(32)18-13-24(31)29(15-18)19-3-5-22-23(14-19)34-11-10-33-22/h2-5,12,14,18H,6-11,13,15H2,1H3. The largest absolute Gasteiger partial charge is 0.486 e. The van der Waals surface area contributed by atoms with Gasteiger partial charge in [-0.1, -0.05) is 0 Å². The summed E-state index contributed by atoms with van der Waals surface area (Å²) in [6.07, 6.45) is 0.161. The lowest BCUT2D eigenvalue weighted by molar-refractivity contribution is -0.136. The highest BCUT2D eigenvalue weighted by Crippen LogP contribution is 2.36. The van der Waals surface area contributed by atoms with Crippen molar-refractivity contribution >= 4 is 29.0 Å². The molecule has 34 heavy (non-hydrogen) atoms. The van der Waals surface area contributed by atoms with Crippen LogP contribution in [0.15, 0.2) is 36.4 Å². The lowest BCUT2D eigenvalue weighted by Crippen LogP contribution is -2.51. The maximum absolute atomic E-state index is 14.5. The molecule has 8 nitrogen and oxygen atoms in total. The first-order chi connectivity index (χ1) is 16.4. The van der Waals surface area contributed by atoms with E-state index in [1.165, 1.54) is 13.0 Å². The van der Waals surface area contributed by atoms with Gasteiger partial charge < -0.3 is 24.2 Å². The Bertz CT molecular complexity index is 1150. The minimum absolute atomic E-state index is 0.0551. The minimum atomic E-state index is -0.441. The Morgan fingerprint density at radius 2 is 1.71 bits per heavy atom. The molecule has 0 saturated carbocycles. The summed E-state index contributed by atoms with van der Waals surface area (Å²) in [5, 5.41) is 0. The summed E-state index contributed by atoms with van der Waals surface area (Å²) in [7, 11) is 0. The molecule has 2 aromatic rings. The van der Waals surface area contributed by atoms with Crippen LogP contribution in [0.4, 0.5) is 15.8 Å². The number of halogens is 1.